The third-order valence-corrected chi connectivity index (χ3v) is 2.87. The predicted octanol–water partition coefficient (Wildman–Crippen LogP) is 2.32. The van der Waals surface area contributed by atoms with Crippen molar-refractivity contribution >= 4 is 21.9 Å². The molecular weight excluding hydrogens is 267 g/mol. The van der Waals surface area contributed by atoms with Crippen molar-refractivity contribution in [3.63, 3.8) is 0 Å². The number of rotatable bonds is 2. The molecule has 1 rings (SSSR count). The zero-order valence-corrected chi connectivity index (χ0v) is 9.80. The summed E-state index contributed by atoms with van der Waals surface area (Å²) < 4.78 is 13.7. The van der Waals surface area contributed by atoms with Crippen LogP contribution in [0.1, 0.15) is 22.8 Å². The molecule has 0 amide bonds. The van der Waals surface area contributed by atoms with Crippen LogP contribution in [0, 0.1) is 19.7 Å². The number of aliphatic hydroxyl groups is 1. The third-order valence-electron chi connectivity index (χ3n) is 2.29. The smallest absolute Gasteiger partial charge is 0.337 e. The van der Waals surface area contributed by atoms with Crippen LogP contribution in [0.2, 0.25) is 0 Å². The van der Waals surface area contributed by atoms with Crippen LogP contribution in [-0.2, 0) is 4.79 Å². The lowest BCUT2D eigenvalue weighted by Crippen LogP contribution is -2.14. The fraction of sp³-hybridized carbons (Fsp3) is 0.300. The zero-order valence-electron chi connectivity index (χ0n) is 8.21. The van der Waals surface area contributed by atoms with Gasteiger partial charge < -0.3 is 10.2 Å². The molecule has 0 radical (unpaired) electrons. The van der Waals surface area contributed by atoms with Crippen molar-refractivity contribution in [1.29, 1.82) is 0 Å². The molecule has 0 saturated carbocycles. The molecule has 1 aromatic rings. The van der Waals surface area contributed by atoms with E-state index in [9.17, 15) is 14.3 Å². The molecule has 1 aromatic carbocycles. The summed E-state index contributed by atoms with van der Waals surface area (Å²) in [5.74, 6) is -2.19. The Morgan fingerprint density at radius 1 is 1.53 bits per heavy atom. The van der Waals surface area contributed by atoms with Gasteiger partial charge in [0, 0.05) is 5.56 Å². The largest absolute Gasteiger partial charge is 0.479 e. The first-order valence-electron chi connectivity index (χ1n) is 4.22. The normalized spacial score (nSPS) is 12.6. The Morgan fingerprint density at radius 3 is 2.53 bits per heavy atom. The number of carboxylic acids is 1. The monoisotopic (exact) mass is 276 g/mol. The van der Waals surface area contributed by atoms with E-state index < -0.39 is 17.9 Å². The molecule has 15 heavy (non-hydrogen) atoms. The maximum absolute atomic E-state index is 13.6. The fourth-order valence-corrected chi connectivity index (χ4v) is 1.87. The highest BCUT2D eigenvalue weighted by Crippen LogP contribution is 2.29. The fourth-order valence-electron chi connectivity index (χ4n) is 1.32. The van der Waals surface area contributed by atoms with Crippen molar-refractivity contribution in [1.82, 2.24) is 0 Å². The van der Waals surface area contributed by atoms with E-state index in [1.165, 1.54) is 0 Å². The molecule has 2 N–H and O–H groups in total. The van der Waals surface area contributed by atoms with Crippen LogP contribution in [0.5, 0.6) is 0 Å². The SMILES string of the molecule is Cc1cc(Br)c(F)c(C(O)C(=O)O)c1C. The molecule has 0 spiro atoms. The van der Waals surface area contributed by atoms with E-state index in [4.69, 9.17) is 5.11 Å². The third kappa shape index (κ3) is 2.18. The molecule has 0 aliphatic rings. The average molecular weight is 277 g/mol. The highest BCUT2D eigenvalue weighted by molar-refractivity contribution is 9.10. The van der Waals surface area contributed by atoms with E-state index in [-0.39, 0.29) is 10.0 Å². The van der Waals surface area contributed by atoms with Gasteiger partial charge in [0.05, 0.1) is 4.47 Å². The van der Waals surface area contributed by atoms with Crippen LogP contribution in [0.15, 0.2) is 10.5 Å². The summed E-state index contributed by atoms with van der Waals surface area (Å²) in [5, 5.41) is 18.0. The van der Waals surface area contributed by atoms with Gasteiger partial charge in [-0.15, -0.1) is 0 Å². The molecule has 0 saturated heterocycles. The molecule has 0 heterocycles. The van der Waals surface area contributed by atoms with E-state index in [2.05, 4.69) is 15.9 Å². The summed E-state index contributed by atoms with van der Waals surface area (Å²) >= 11 is 2.97. The van der Waals surface area contributed by atoms with Gasteiger partial charge in [-0.3, -0.25) is 0 Å². The van der Waals surface area contributed by atoms with Crippen molar-refractivity contribution < 1.29 is 19.4 Å². The Morgan fingerprint density at radius 2 is 2.07 bits per heavy atom. The number of hydrogen-bond acceptors (Lipinski definition) is 2. The molecule has 0 fully saturated rings. The molecule has 5 heteroatoms. The van der Waals surface area contributed by atoms with Crippen LogP contribution < -0.4 is 0 Å². The minimum Gasteiger partial charge on any atom is -0.479 e. The van der Waals surface area contributed by atoms with Crippen molar-refractivity contribution in [2.75, 3.05) is 0 Å². The molecule has 82 valence electrons. The second kappa shape index (κ2) is 4.28. The van der Waals surface area contributed by atoms with Gasteiger partial charge in [-0.05, 0) is 47.0 Å². The summed E-state index contributed by atoms with van der Waals surface area (Å²) in [6.45, 7) is 3.30. The quantitative estimate of drug-likeness (QED) is 0.872. The standard InChI is InChI=1S/C10H10BrFO3/c1-4-3-6(11)8(12)7(5(4)2)9(13)10(14)15/h3,9,13H,1-2H3,(H,14,15). The Hall–Kier alpha value is -0.940. The van der Waals surface area contributed by atoms with E-state index in [1.54, 1.807) is 19.9 Å². The Bertz CT molecular complexity index is 391. The lowest BCUT2D eigenvalue weighted by atomic mass is 9.98. The van der Waals surface area contributed by atoms with Crippen molar-refractivity contribution in [3.05, 3.63) is 33.0 Å². The Labute approximate surface area is 94.7 Å². The molecular formula is C10H10BrFO3. The van der Waals surface area contributed by atoms with E-state index >= 15 is 0 Å². The molecule has 0 bridgehead atoms. The molecule has 1 unspecified atom stereocenters. The summed E-state index contributed by atoms with van der Waals surface area (Å²) in [6, 6.07) is 1.54. The number of carbonyl (C=O) groups is 1. The first-order chi connectivity index (χ1) is 6.86. The van der Waals surface area contributed by atoms with E-state index in [0.29, 0.717) is 5.56 Å². The van der Waals surface area contributed by atoms with Gasteiger partial charge >= 0.3 is 5.97 Å². The second-order valence-electron chi connectivity index (χ2n) is 3.27. The Balaban J connectivity index is 3.45. The number of halogens is 2. The van der Waals surface area contributed by atoms with Gasteiger partial charge in [-0.2, -0.15) is 0 Å². The average Bonchev–Trinajstić information content (AvgIpc) is 2.15. The first-order valence-corrected chi connectivity index (χ1v) is 5.01. The number of aliphatic hydroxyl groups excluding tert-OH is 1. The minimum absolute atomic E-state index is 0.154. The van der Waals surface area contributed by atoms with Gasteiger partial charge in [0.25, 0.3) is 0 Å². The number of aryl methyl sites for hydroxylation is 1. The highest BCUT2D eigenvalue weighted by Gasteiger charge is 2.24. The topological polar surface area (TPSA) is 57.5 Å². The molecule has 0 aliphatic carbocycles. The predicted molar refractivity (Wildman–Crippen MR) is 56.2 cm³/mol. The summed E-state index contributed by atoms with van der Waals surface area (Å²) in [5.41, 5.74) is 0.985. The van der Waals surface area contributed by atoms with Gasteiger partial charge in [0.2, 0.25) is 0 Å². The van der Waals surface area contributed by atoms with Crippen LogP contribution in [0.3, 0.4) is 0 Å². The van der Waals surface area contributed by atoms with Crippen LogP contribution in [0.4, 0.5) is 4.39 Å². The van der Waals surface area contributed by atoms with Gasteiger partial charge in [-0.1, -0.05) is 0 Å². The van der Waals surface area contributed by atoms with Crippen molar-refractivity contribution in [2.24, 2.45) is 0 Å². The van der Waals surface area contributed by atoms with Crippen LogP contribution >= 0.6 is 15.9 Å². The second-order valence-corrected chi connectivity index (χ2v) is 4.12. The maximum Gasteiger partial charge on any atom is 0.337 e. The minimum atomic E-state index is -1.83. The molecule has 0 aliphatic heterocycles. The van der Waals surface area contributed by atoms with Crippen molar-refractivity contribution in [3.8, 4) is 0 Å². The van der Waals surface area contributed by atoms with Crippen molar-refractivity contribution in [2.45, 2.75) is 20.0 Å². The Kier molecular flexibility index (Phi) is 3.46. The van der Waals surface area contributed by atoms with E-state index in [0.717, 1.165) is 5.56 Å². The molecule has 3 nitrogen and oxygen atoms in total. The van der Waals surface area contributed by atoms with Gasteiger partial charge in [0.1, 0.15) is 5.82 Å². The van der Waals surface area contributed by atoms with Crippen LogP contribution in [0.25, 0.3) is 0 Å². The first kappa shape index (κ1) is 12.1. The summed E-state index contributed by atoms with van der Waals surface area (Å²) in [6.07, 6.45) is -1.83. The number of hydrogen-bond donors (Lipinski definition) is 2. The van der Waals surface area contributed by atoms with Gasteiger partial charge in [-0.25, -0.2) is 9.18 Å². The highest BCUT2D eigenvalue weighted by atomic mass is 79.9. The van der Waals surface area contributed by atoms with E-state index in [1.807, 2.05) is 0 Å². The maximum atomic E-state index is 13.6. The lowest BCUT2D eigenvalue weighted by Gasteiger charge is -2.14. The zero-order chi connectivity index (χ0) is 11.7. The lowest BCUT2D eigenvalue weighted by molar-refractivity contribution is -0.147. The van der Waals surface area contributed by atoms with Crippen LogP contribution in [-0.4, -0.2) is 16.2 Å². The summed E-state index contributed by atoms with van der Waals surface area (Å²) in [7, 11) is 0. The number of aliphatic carboxylic acids is 1. The summed E-state index contributed by atoms with van der Waals surface area (Å²) in [4.78, 5) is 10.6. The number of benzene rings is 1. The molecule has 0 aromatic heterocycles. The number of carboxylic acid groups (broad SMARTS) is 1. The van der Waals surface area contributed by atoms with Gasteiger partial charge in [0.15, 0.2) is 6.10 Å². The molecule has 1 atom stereocenters.